The Balaban J connectivity index is 0.961. The average Bonchev–Trinajstić information content (AvgIpc) is 4.03. The predicted octanol–water partition coefficient (Wildman–Crippen LogP) is 17.1. The highest BCUT2D eigenvalue weighted by Gasteiger charge is 2.20. The van der Waals surface area contributed by atoms with Crippen molar-refractivity contribution in [3.8, 4) is 44.8 Å². The normalized spacial score (nSPS) is 12.0. The van der Waals surface area contributed by atoms with Crippen molar-refractivity contribution >= 4 is 87.1 Å². The van der Waals surface area contributed by atoms with Gasteiger partial charge in [0.05, 0.1) is 27.8 Å². The smallest absolute Gasteiger partial charge is 0.138 e. The minimum Gasteiger partial charge on any atom is -0.456 e. The molecule has 0 spiro atoms. The van der Waals surface area contributed by atoms with Gasteiger partial charge in [0.2, 0.25) is 0 Å². The molecule has 0 N–H and O–H groups in total. The van der Waals surface area contributed by atoms with Gasteiger partial charge in [-0.15, -0.1) is 0 Å². The van der Waals surface area contributed by atoms with Crippen LogP contribution in [0.2, 0.25) is 0 Å². The zero-order valence-electron chi connectivity index (χ0n) is 35.2. The van der Waals surface area contributed by atoms with E-state index in [4.69, 9.17) is 4.42 Å². The first-order valence-electron chi connectivity index (χ1n) is 22.3. The molecule has 3 nitrogen and oxygen atoms in total. The molecule has 0 aliphatic carbocycles. The third kappa shape index (κ3) is 5.43. The van der Waals surface area contributed by atoms with Crippen LogP contribution in [-0.4, -0.2) is 9.13 Å². The fraction of sp³-hybridized carbons (Fsp3) is 0. The Kier molecular flexibility index (Phi) is 7.69. The molecule has 0 atom stereocenters. The minimum absolute atomic E-state index is 0.866. The summed E-state index contributed by atoms with van der Waals surface area (Å²) in [5, 5.41) is 12.2. The summed E-state index contributed by atoms with van der Waals surface area (Å²) in [6, 6.07) is 84.0. The monoisotopic (exact) mass is 826 g/mol. The number of hydrogen-bond donors (Lipinski definition) is 0. The SMILES string of the molecule is c1ccc(-n2c3ccccc3c3cc(-c4ccc5c(c4)c4ccccc4n5-c4cc(-c5cccc(-c6cc7ccccc7c7ccccc67)c5)c5c(c4)oc4ccccc45)ccc32)cc1. The van der Waals surface area contributed by atoms with E-state index in [0.29, 0.717) is 0 Å². The van der Waals surface area contributed by atoms with Crippen LogP contribution in [-0.2, 0) is 0 Å². The van der Waals surface area contributed by atoms with E-state index in [9.17, 15) is 0 Å². The molecule has 0 amide bonds. The van der Waals surface area contributed by atoms with E-state index in [1.807, 2.05) is 0 Å². The maximum Gasteiger partial charge on any atom is 0.138 e. The van der Waals surface area contributed by atoms with Gasteiger partial charge in [-0.05, 0) is 128 Å². The third-order valence-electron chi connectivity index (χ3n) is 13.7. The Labute approximate surface area is 374 Å². The van der Waals surface area contributed by atoms with Gasteiger partial charge in [0, 0.05) is 44.1 Å². The van der Waals surface area contributed by atoms with Gasteiger partial charge < -0.3 is 13.6 Å². The summed E-state index contributed by atoms with van der Waals surface area (Å²) in [7, 11) is 0. The highest BCUT2D eigenvalue weighted by atomic mass is 16.3. The number of para-hydroxylation sites is 4. The number of nitrogens with zero attached hydrogens (tertiary/aromatic N) is 2. The van der Waals surface area contributed by atoms with Gasteiger partial charge in [-0.2, -0.15) is 0 Å². The van der Waals surface area contributed by atoms with Gasteiger partial charge in [0.15, 0.2) is 0 Å². The lowest BCUT2D eigenvalue weighted by Gasteiger charge is -2.14. The number of hydrogen-bond acceptors (Lipinski definition) is 1. The fourth-order valence-electron chi connectivity index (χ4n) is 10.8. The summed E-state index contributed by atoms with van der Waals surface area (Å²) in [6.45, 7) is 0. The highest BCUT2D eigenvalue weighted by molar-refractivity contribution is 6.17. The Morgan fingerprint density at radius 2 is 0.800 bits per heavy atom. The molecule has 11 aromatic carbocycles. The molecule has 0 aliphatic heterocycles. The lowest BCUT2D eigenvalue weighted by molar-refractivity contribution is 0.668. The molecule has 302 valence electrons. The van der Waals surface area contributed by atoms with Gasteiger partial charge in [0.25, 0.3) is 0 Å². The van der Waals surface area contributed by atoms with Gasteiger partial charge >= 0.3 is 0 Å². The molecule has 0 aliphatic rings. The van der Waals surface area contributed by atoms with Crippen molar-refractivity contribution in [1.29, 1.82) is 0 Å². The van der Waals surface area contributed by atoms with Crippen LogP contribution in [0.3, 0.4) is 0 Å². The third-order valence-corrected chi connectivity index (χ3v) is 13.7. The van der Waals surface area contributed by atoms with Crippen molar-refractivity contribution in [3.63, 3.8) is 0 Å². The molecule has 0 saturated carbocycles. The van der Waals surface area contributed by atoms with Crippen molar-refractivity contribution < 1.29 is 4.42 Å². The summed E-state index contributed by atoms with van der Waals surface area (Å²) < 4.78 is 11.5. The number of fused-ring (bicyclic) bond motifs is 12. The first kappa shape index (κ1) is 35.9. The van der Waals surface area contributed by atoms with Crippen LogP contribution in [0.4, 0.5) is 0 Å². The van der Waals surface area contributed by atoms with E-state index in [1.165, 1.54) is 76.4 Å². The van der Waals surface area contributed by atoms with Crippen molar-refractivity contribution in [2.24, 2.45) is 0 Å². The molecule has 0 bridgehead atoms. The topological polar surface area (TPSA) is 23.0 Å². The number of aromatic nitrogens is 2. The van der Waals surface area contributed by atoms with Gasteiger partial charge in [0.1, 0.15) is 11.2 Å². The molecule has 14 rings (SSSR count). The van der Waals surface area contributed by atoms with E-state index in [2.05, 4.69) is 240 Å². The predicted molar refractivity (Wildman–Crippen MR) is 274 cm³/mol. The molecule has 0 saturated heterocycles. The van der Waals surface area contributed by atoms with Crippen LogP contribution >= 0.6 is 0 Å². The molecule has 3 aromatic heterocycles. The van der Waals surface area contributed by atoms with Crippen LogP contribution in [0, 0.1) is 0 Å². The second kappa shape index (κ2) is 13.9. The van der Waals surface area contributed by atoms with Crippen molar-refractivity contribution in [3.05, 3.63) is 231 Å². The van der Waals surface area contributed by atoms with Gasteiger partial charge in [-0.1, -0.05) is 152 Å². The Morgan fingerprint density at radius 3 is 1.51 bits per heavy atom. The lowest BCUT2D eigenvalue weighted by Crippen LogP contribution is -1.95. The molecule has 14 aromatic rings. The molecule has 65 heavy (non-hydrogen) atoms. The molecule has 3 heteroatoms. The molecular weight excluding hydrogens is 789 g/mol. The molecule has 0 fully saturated rings. The zero-order chi connectivity index (χ0) is 42.6. The second-order valence-electron chi connectivity index (χ2n) is 17.2. The van der Waals surface area contributed by atoms with E-state index >= 15 is 0 Å². The van der Waals surface area contributed by atoms with E-state index < -0.39 is 0 Å². The molecule has 0 unspecified atom stereocenters. The summed E-state index contributed by atoms with van der Waals surface area (Å²) in [6.07, 6.45) is 0. The highest BCUT2D eigenvalue weighted by Crippen LogP contribution is 2.44. The largest absolute Gasteiger partial charge is 0.456 e. The number of benzene rings is 11. The first-order chi connectivity index (χ1) is 32.2. The summed E-state index contributed by atoms with van der Waals surface area (Å²) >= 11 is 0. The zero-order valence-corrected chi connectivity index (χ0v) is 35.2. The second-order valence-corrected chi connectivity index (χ2v) is 17.2. The minimum atomic E-state index is 0.866. The molecule has 3 heterocycles. The fourth-order valence-corrected chi connectivity index (χ4v) is 10.8. The van der Waals surface area contributed by atoms with Crippen molar-refractivity contribution in [2.45, 2.75) is 0 Å². The van der Waals surface area contributed by atoms with E-state index in [1.54, 1.807) is 0 Å². The van der Waals surface area contributed by atoms with Crippen molar-refractivity contribution in [2.75, 3.05) is 0 Å². The van der Waals surface area contributed by atoms with Gasteiger partial charge in [-0.3, -0.25) is 0 Å². The van der Waals surface area contributed by atoms with Crippen LogP contribution in [0.5, 0.6) is 0 Å². The summed E-state index contributed by atoms with van der Waals surface area (Å²) in [5.74, 6) is 0. The van der Waals surface area contributed by atoms with E-state index in [-0.39, 0.29) is 0 Å². The maximum absolute atomic E-state index is 6.76. The molecule has 0 radical (unpaired) electrons. The van der Waals surface area contributed by atoms with Crippen LogP contribution < -0.4 is 0 Å². The first-order valence-corrected chi connectivity index (χ1v) is 22.3. The van der Waals surface area contributed by atoms with E-state index in [0.717, 1.165) is 55.5 Å². The average molecular weight is 827 g/mol. The Morgan fingerprint density at radius 1 is 0.262 bits per heavy atom. The van der Waals surface area contributed by atoms with Crippen LogP contribution in [0.1, 0.15) is 0 Å². The Hall–Kier alpha value is -8.66. The summed E-state index contributed by atoms with van der Waals surface area (Å²) in [5.41, 5.74) is 15.7. The van der Waals surface area contributed by atoms with Crippen LogP contribution in [0.25, 0.3) is 132 Å². The number of furan rings is 1. The van der Waals surface area contributed by atoms with Gasteiger partial charge in [-0.25, -0.2) is 0 Å². The molecular formula is C62H38N2O. The number of rotatable bonds is 5. The lowest BCUT2D eigenvalue weighted by atomic mass is 9.91. The summed E-state index contributed by atoms with van der Waals surface area (Å²) in [4.78, 5) is 0. The quantitative estimate of drug-likeness (QED) is 0.159. The standard InChI is InChI=1S/C62H38N2O/c1-2-18-44(19-3-1)63-56-26-11-8-23-49(56)54-34-39(29-31-58(54)63)40-30-32-59-55(35-40)50-24-9-12-27-57(50)64(59)45-37-53(62-51-25-10-13-28-60(51)65-61(62)38-45)42-17-14-16-41(33-42)52-36-43-15-4-5-20-46(43)47-21-6-7-22-48(47)52/h1-38H. The Bertz CT molecular complexity index is 4240. The van der Waals surface area contributed by atoms with Crippen LogP contribution in [0.15, 0.2) is 235 Å². The van der Waals surface area contributed by atoms with Crippen molar-refractivity contribution in [1.82, 2.24) is 9.13 Å². The maximum atomic E-state index is 6.76.